The second kappa shape index (κ2) is 4.49. The van der Waals surface area contributed by atoms with E-state index in [9.17, 15) is 0 Å². The quantitative estimate of drug-likeness (QED) is 0.926. The number of halogens is 1. The molecule has 3 nitrogen and oxygen atoms in total. The van der Waals surface area contributed by atoms with Crippen LogP contribution in [0.4, 0.5) is 5.69 Å². The Kier molecular flexibility index (Phi) is 3.06. The first-order valence-corrected chi connectivity index (χ1v) is 5.43. The van der Waals surface area contributed by atoms with Crippen molar-refractivity contribution in [3.05, 3.63) is 46.6 Å². The van der Waals surface area contributed by atoms with Gasteiger partial charge in [-0.25, -0.2) is 0 Å². The summed E-state index contributed by atoms with van der Waals surface area (Å²) in [5, 5.41) is 3.27. The number of pyridine rings is 1. The van der Waals surface area contributed by atoms with E-state index in [4.69, 9.17) is 4.42 Å². The van der Waals surface area contributed by atoms with E-state index < -0.39 is 0 Å². The van der Waals surface area contributed by atoms with Crippen LogP contribution in [0.1, 0.15) is 11.3 Å². The smallest absolute Gasteiger partial charge is 0.136 e. The van der Waals surface area contributed by atoms with E-state index in [0.29, 0.717) is 6.54 Å². The number of nitrogens with zero attached hydrogens (tertiary/aromatic N) is 1. The minimum absolute atomic E-state index is 0.653. The molecule has 78 valence electrons. The lowest BCUT2D eigenvalue weighted by Gasteiger charge is -2.06. The van der Waals surface area contributed by atoms with Gasteiger partial charge in [0.05, 0.1) is 29.2 Å². The molecule has 0 radical (unpaired) electrons. The molecule has 0 aromatic carbocycles. The van der Waals surface area contributed by atoms with E-state index in [1.165, 1.54) is 5.56 Å². The lowest BCUT2D eigenvalue weighted by Crippen LogP contribution is -2.00. The molecule has 0 aliphatic rings. The molecule has 0 bridgehead atoms. The fraction of sp³-hybridized carbons (Fsp3) is 0.182. The Labute approximate surface area is 96.6 Å². The molecule has 0 spiro atoms. The number of hydrogen-bond donors (Lipinski definition) is 1. The average Bonchev–Trinajstić information content (AvgIpc) is 2.63. The van der Waals surface area contributed by atoms with Crippen LogP contribution in [0.15, 0.2) is 39.7 Å². The lowest BCUT2D eigenvalue weighted by atomic mass is 10.2. The zero-order chi connectivity index (χ0) is 10.7. The zero-order valence-corrected chi connectivity index (χ0v) is 9.91. The second-order valence-corrected chi connectivity index (χ2v) is 4.09. The summed E-state index contributed by atoms with van der Waals surface area (Å²) < 4.78 is 6.28. The predicted octanol–water partition coefficient (Wildman–Crippen LogP) is 3.36. The fourth-order valence-corrected chi connectivity index (χ4v) is 1.62. The number of aromatic nitrogens is 1. The molecule has 0 aliphatic carbocycles. The number of anilines is 1. The normalized spacial score (nSPS) is 10.3. The molecule has 1 N–H and O–H groups in total. The van der Waals surface area contributed by atoms with Gasteiger partial charge in [0.25, 0.3) is 0 Å². The summed E-state index contributed by atoms with van der Waals surface area (Å²) in [5.74, 6) is 0.887. The van der Waals surface area contributed by atoms with Crippen LogP contribution in [0.5, 0.6) is 0 Å². The van der Waals surface area contributed by atoms with E-state index in [2.05, 4.69) is 26.2 Å². The predicted molar refractivity (Wildman–Crippen MR) is 62.7 cm³/mol. The van der Waals surface area contributed by atoms with Gasteiger partial charge in [-0.3, -0.25) is 4.98 Å². The Morgan fingerprint density at radius 3 is 3.00 bits per heavy atom. The number of aryl methyl sites for hydroxylation is 1. The Bertz CT molecular complexity index is 453. The highest BCUT2D eigenvalue weighted by Crippen LogP contribution is 2.19. The first kappa shape index (κ1) is 10.2. The Morgan fingerprint density at radius 1 is 1.47 bits per heavy atom. The van der Waals surface area contributed by atoms with Crippen molar-refractivity contribution in [2.45, 2.75) is 13.5 Å². The lowest BCUT2D eigenvalue weighted by molar-refractivity contribution is 0.516. The molecule has 0 fully saturated rings. The van der Waals surface area contributed by atoms with Crippen molar-refractivity contribution in [1.29, 1.82) is 0 Å². The van der Waals surface area contributed by atoms with Gasteiger partial charge < -0.3 is 9.73 Å². The van der Waals surface area contributed by atoms with Gasteiger partial charge in [0.1, 0.15) is 5.76 Å². The molecule has 0 atom stereocenters. The third kappa shape index (κ3) is 2.39. The maximum Gasteiger partial charge on any atom is 0.136 e. The summed E-state index contributed by atoms with van der Waals surface area (Å²) >= 11 is 3.41. The van der Waals surface area contributed by atoms with Crippen molar-refractivity contribution in [2.24, 2.45) is 0 Å². The van der Waals surface area contributed by atoms with Crippen LogP contribution in [-0.4, -0.2) is 4.98 Å². The van der Waals surface area contributed by atoms with Crippen LogP contribution < -0.4 is 5.32 Å². The van der Waals surface area contributed by atoms with Crippen molar-refractivity contribution in [3.8, 4) is 0 Å². The van der Waals surface area contributed by atoms with Crippen molar-refractivity contribution in [1.82, 2.24) is 4.98 Å². The maximum absolute atomic E-state index is 5.30. The van der Waals surface area contributed by atoms with E-state index in [0.717, 1.165) is 15.9 Å². The van der Waals surface area contributed by atoms with Crippen LogP contribution in [0.2, 0.25) is 0 Å². The average molecular weight is 267 g/mol. The molecule has 0 saturated carbocycles. The van der Waals surface area contributed by atoms with E-state index in [-0.39, 0.29) is 0 Å². The molecule has 0 unspecified atom stereocenters. The highest BCUT2D eigenvalue weighted by atomic mass is 79.9. The van der Waals surface area contributed by atoms with Crippen molar-refractivity contribution in [3.63, 3.8) is 0 Å². The molecule has 0 saturated heterocycles. The summed E-state index contributed by atoms with van der Waals surface area (Å²) in [4.78, 5) is 4.06. The largest absolute Gasteiger partial charge is 0.466 e. The topological polar surface area (TPSA) is 38.1 Å². The Morgan fingerprint density at radius 2 is 2.33 bits per heavy atom. The number of nitrogens with one attached hydrogen (secondary N) is 1. The van der Waals surface area contributed by atoms with E-state index in [1.54, 1.807) is 12.5 Å². The molecule has 2 aromatic rings. The van der Waals surface area contributed by atoms with Gasteiger partial charge in [0.2, 0.25) is 0 Å². The minimum Gasteiger partial charge on any atom is -0.466 e. The van der Waals surface area contributed by atoms with Crippen LogP contribution in [0.3, 0.4) is 0 Å². The van der Waals surface area contributed by atoms with Crippen LogP contribution in [0.25, 0.3) is 0 Å². The van der Waals surface area contributed by atoms with Gasteiger partial charge in [-0.05, 0) is 40.5 Å². The van der Waals surface area contributed by atoms with Crippen molar-refractivity contribution < 1.29 is 4.42 Å². The maximum atomic E-state index is 5.30. The van der Waals surface area contributed by atoms with Gasteiger partial charge in [-0.2, -0.15) is 0 Å². The van der Waals surface area contributed by atoms with Crippen molar-refractivity contribution in [2.75, 3.05) is 5.32 Å². The summed E-state index contributed by atoms with van der Waals surface area (Å²) in [6.07, 6.45) is 5.26. The van der Waals surface area contributed by atoms with Gasteiger partial charge in [-0.15, -0.1) is 0 Å². The molecule has 15 heavy (non-hydrogen) atoms. The van der Waals surface area contributed by atoms with E-state index in [1.807, 2.05) is 25.3 Å². The van der Waals surface area contributed by atoms with Crippen LogP contribution in [-0.2, 0) is 6.54 Å². The third-order valence-corrected chi connectivity index (χ3v) is 2.88. The zero-order valence-electron chi connectivity index (χ0n) is 8.33. The van der Waals surface area contributed by atoms with Crippen LogP contribution >= 0.6 is 15.9 Å². The van der Waals surface area contributed by atoms with Gasteiger partial charge in [-0.1, -0.05) is 0 Å². The highest BCUT2D eigenvalue weighted by Gasteiger charge is 2.03. The molecule has 0 amide bonds. The highest BCUT2D eigenvalue weighted by molar-refractivity contribution is 9.10. The van der Waals surface area contributed by atoms with E-state index >= 15 is 0 Å². The molecule has 2 heterocycles. The minimum atomic E-state index is 0.653. The summed E-state index contributed by atoms with van der Waals surface area (Å²) in [6.45, 7) is 2.70. The van der Waals surface area contributed by atoms with Gasteiger partial charge in [0.15, 0.2) is 0 Å². The number of rotatable bonds is 3. The Hall–Kier alpha value is -1.29. The van der Waals surface area contributed by atoms with Gasteiger partial charge >= 0.3 is 0 Å². The number of hydrogen-bond acceptors (Lipinski definition) is 3. The molecule has 0 aliphatic heterocycles. The second-order valence-electron chi connectivity index (χ2n) is 3.24. The summed E-state index contributed by atoms with van der Waals surface area (Å²) in [6, 6.07) is 3.85. The molecular weight excluding hydrogens is 256 g/mol. The molecule has 2 rings (SSSR count). The molecule has 4 heteroatoms. The monoisotopic (exact) mass is 266 g/mol. The van der Waals surface area contributed by atoms with Crippen LogP contribution in [0, 0.1) is 6.92 Å². The van der Waals surface area contributed by atoms with Gasteiger partial charge in [0, 0.05) is 6.20 Å². The molecule has 2 aromatic heterocycles. The summed E-state index contributed by atoms with van der Waals surface area (Å²) in [7, 11) is 0. The summed E-state index contributed by atoms with van der Waals surface area (Å²) in [5.41, 5.74) is 2.20. The number of furan rings is 1. The molecular formula is C11H11BrN2O. The van der Waals surface area contributed by atoms with Crippen molar-refractivity contribution >= 4 is 21.6 Å². The Balaban J connectivity index is 2.06. The first-order chi connectivity index (χ1) is 7.27. The third-order valence-electron chi connectivity index (χ3n) is 2.17. The SMILES string of the molecule is Cc1ccncc1NCc1occc1Br. The first-order valence-electron chi connectivity index (χ1n) is 4.64. The standard InChI is InChI=1S/C11H11BrN2O/c1-8-2-4-13-6-10(8)14-7-11-9(12)3-5-15-11/h2-6,14H,7H2,1H3. The fourth-order valence-electron chi connectivity index (χ4n) is 1.28.